The minimum Gasteiger partial charge on any atom is -0.362 e. The molecule has 0 aromatic carbocycles. The Morgan fingerprint density at radius 3 is 2.12 bits per heavy atom. The van der Waals surface area contributed by atoms with Crippen LogP contribution in [0.15, 0.2) is 0 Å². The zero-order valence-electron chi connectivity index (χ0n) is 4.27. The number of hydrogen-bond acceptors (Lipinski definition) is 3. The predicted molar refractivity (Wildman–Crippen MR) is 22.2 cm³/mol. The second kappa shape index (κ2) is 2.34. The lowest BCUT2D eigenvalue weighted by Gasteiger charge is -2.14. The van der Waals surface area contributed by atoms with Crippen LogP contribution < -0.4 is 5.73 Å². The second-order valence-corrected chi connectivity index (χ2v) is 1.26. The Bertz CT molecular complexity index is 72.2. The number of alkyl halides is 2. The number of ether oxygens (including phenoxy) is 1. The second-order valence-electron chi connectivity index (χ2n) is 1.26. The molecule has 0 bridgehead atoms. The molecule has 0 aromatic rings. The van der Waals surface area contributed by atoms with Crippen LogP contribution in [0.1, 0.15) is 0 Å². The SMILES string of the molecule is COC(O)C(N)(F)F. The van der Waals surface area contributed by atoms with Crippen LogP contribution in [0.5, 0.6) is 0 Å². The molecule has 0 aromatic heterocycles. The Morgan fingerprint density at radius 1 is 1.75 bits per heavy atom. The standard InChI is InChI=1S/C3H7F2NO2/c1-8-2(7)3(4,5)6/h2,7H,6H2,1H3. The summed E-state index contributed by atoms with van der Waals surface area (Å²) in [5.41, 5.74) is 4.08. The van der Waals surface area contributed by atoms with Gasteiger partial charge in [0.05, 0.1) is 0 Å². The average molecular weight is 127 g/mol. The van der Waals surface area contributed by atoms with Gasteiger partial charge in [0.1, 0.15) is 0 Å². The number of hydrogen-bond donors (Lipinski definition) is 2. The summed E-state index contributed by atoms with van der Waals surface area (Å²) >= 11 is 0. The summed E-state index contributed by atoms with van der Waals surface area (Å²) in [5, 5.41) is 8.10. The summed E-state index contributed by atoms with van der Waals surface area (Å²) in [7, 11) is 0.936. The first-order valence-electron chi connectivity index (χ1n) is 1.86. The molecule has 0 saturated heterocycles. The molecule has 5 heteroatoms. The maximum absolute atomic E-state index is 11.5. The molecule has 0 heterocycles. The van der Waals surface area contributed by atoms with Crippen molar-refractivity contribution in [3.8, 4) is 0 Å². The van der Waals surface area contributed by atoms with E-state index in [9.17, 15) is 8.78 Å². The highest BCUT2D eigenvalue weighted by molar-refractivity contribution is 4.57. The summed E-state index contributed by atoms with van der Waals surface area (Å²) in [5.74, 6) is 0. The van der Waals surface area contributed by atoms with Crippen LogP contribution in [0, 0.1) is 0 Å². The fraction of sp³-hybridized carbons (Fsp3) is 1.00. The molecule has 0 rings (SSSR count). The summed E-state index contributed by atoms with van der Waals surface area (Å²) in [4.78, 5) is 0. The average Bonchev–Trinajstić information content (AvgIpc) is 1.62. The largest absolute Gasteiger partial charge is 0.362 e. The van der Waals surface area contributed by atoms with Crippen LogP contribution in [0.2, 0.25) is 0 Å². The maximum Gasteiger partial charge on any atom is 0.350 e. The summed E-state index contributed by atoms with van der Waals surface area (Å²) in [6.07, 6.45) is -2.21. The quantitative estimate of drug-likeness (QED) is 0.388. The van der Waals surface area contributed by atoms with Gasteiger partial charge in [-0.1, -0.05) is 0 Å². The first-order valence-corrected chi connectivity index (χ1v) is 1.86. The molecule has 8 heavy (non-hydrogen) atoms. The van der Waals surface area contributed by atoms with Gasteiger partial charge in [-0.05, 0) is 0 Å². The van der Waals surface area contributed by atoms with E-state index >= 15 is 0 Å². The Morgan fingerprint density at radius 2 is 2.12 bits per heavy atom. The summed E-state index contributed by atoms with van der Waals surface area (Å²) < 4.78 is 26.8. The zero-order valence-corrected chi connectivity index (χ0v) is 4.27. The van der Waals surface area contributed by atoms with E-state index in [4.69, 9.17) is 5.11 Å². The van der Waals surface area contributed by atoms with Crippen molar-refractivity contribution in [3.05, 3.63) is 0 Å². The third kappa shape index (κ3) is 2.15. The highest BCUT2D eigenvalue weighted by Crippen LogP contribution is 2.09. The fourth-order valence-electron chi connectivity index (χ4n) is 0.157. The van der Waals surface area contributed by atoms with Gasteiger partial charge >= 0.3 is 6.05 Å². The predicted octanol–water partition coefficient (Wildman–Crippen LogP) is -0.497. The smallest absolute Gasteiger partial charge is 0.350 e. The molecule has 1 atom stereocenters. The summed E-state index contributed by atoms with van der Waals surface area (Å²) in [6, 6.07) is -3.66. The van der Waals surface area contributed by atoms with E-state index in [1.165, 1.54) is 0 Å². The van der Waals surface area contributed by atoms with Gasteiger partial charge in [0.2, 0.25) is 6.29 Å². The Hall–Kier alpha value is -0.260. The monoisotopic (exact) mass is 127 g/mol. The molecule has 3 N–H and O–H groups in total. The summed E-state index contributed by atoms with van der Waals surface area (Å²) in [6.45, 7) is 0. The van der Waals surface area contributed by atoms with E-state index < -0.39 is 12.3 Å². The molecule has 0 fully saturated rings. The fourth-order valence-corrected chi connectivity index (χ4v) is 0.157. The number of rotatable bonds is 2. The van der Waals surface area contributed by atoms with Gasteiger partial charge in [0.25, 0.3) is 0 Å². The van der Waals surface area contributed by atoms with Gasteiger partial charge in [-0.25, -0.2) is 0 Å². The number of methoxy groups -OCH3 is 1. The number of aliphatic hydroxyl groups excluding tert-OH is 1. The van der Waals surface area contributed by atoms with Crippen molar-refractivity contribution in [1.29, 1.82) is 0 Å². The van der Waals surface area contributed by atoms with Gasteiger partial charge in [-0.15, -0.1) is 0 Å². The topological polar surface area (TPSA) is 55.5 Å². The number of nitrogens with two attached hydrogens (primary N) is 1. The Labute approximate surface area is 45.0 Å². The van der Waals surface area contributed by atoms with Gasteiger partial charge in [0, 0.05) is 7.11 Å². The van der Waals surface area contributed by atoms with Crippen molar-refractivity contribution in [3.63, 3.8) is 0 Å². The van der Waals surface area contributed by atoms with E-state index in [2.05, 4.69) is 10.5 Å². The minimum atomic E-state index is -3.66. The molecule has 0 saturated carbocycles. The van der Waals surface area contributed by atoms with Crippen LogP contribution in [0.25, 0.3) is 0 Å². The highest BCUT2D eigenvalue weighted by Gasteiger charge is 2.33. The Kier molecular flexibility index (Phi) is 2.26. The number of aliphatic hydroxyl groups is 1. The molecule has 0 aliphatic carbocycles. The maximum atomic E-state index is 11.5. The molecule has 0 radical (unpaired) electrons. The Balaban J connectivity index is 3.62. The van der Waals surface area contributed by atoms with Crippen LogP contribution in [-0.4, -0.2) is 24.6 Å². The van der Waals surface area contributed by atoms with Crippen LogP contribution in [-0.2, 0) is 4.74 Å². The van der Waals surface area contributed by atoms with Gasteiger partial charge in [-0.2, -0.15) is 8.78 Å². The molecule has 3 nitrogen and oxygen atoms in total. The van der Waals surface area contributed by atoms with Crippen LogP contribution in [0.4, 0.5) is 8.78 Å². The van der Waals surface area contributed by atoms with Crippen molar-refractivity contribution >= 4 is 0 Å². The molecule has 0 aliphatic heterocycles. The molecule has 0 aliphatic rings. The zero-order chi connectivity index (χ0) is 6.78. The molecule has 0 spiro atoms. The van der Waals surface area contributed by atoms with E-state index in [-0.39, 0.29) is 0 Å². The normalized spacial score (nSPS) is 16.1. The van der Waals surface area contributed by atoms with E-state index in [1.807, 2.05) is 0 Å². The minimum absolute atomic E-state index is 0.936. The molecule has 1 unspecified atom stereocenters. The van der Waals surface area contributed by atoms with E-state index in [0.29, 0.717) is 0 Å². The highest BCUT2D eigenvalue weighted by atomic mass is 19.3. The van der Waals surface area contributed by atoms with E-state index in [1.54, 1.807) is 0 Å². The number of halogens is 2. The van der Waals surface area contributed by atoms with Gasteiger partial charge in [0.15, 0.2) is 0 Å². The van der Waals surface area contributed by atoms with E-state index in [0.717, 1.165) is 7.11 Å². The van der Waals surface area contributed by atoms with Crippen LogP contribution in [0.3, 0.4) is 0 Å². The molecule has 50 valence electrons. The lowest BCUT2D eigenvalue weighted by molar-refractivity contribution is -0.219. The lowest BCUT2D eigenvalue weighted by Crippen LogP contribution is -2.43. The van der Waals surface area contributed by atoms with Crippen molar-refractivity contribution in [1.82, 2.24) is 0 Å². The van der Waals surface area contributed by atoms with Gasteiger partial charge < -0.3 is 9.84 Å². The van der Waals surface area contributed by atoms with Crippen molar-refractivity contribution in [2.75, 3.05) is 7.11 Å². The van der Waals surface area contributed by atoms with Crippen molar-refractivity contribution in [2.24, 2.45) is 5.73 Å². The first-order chi connectivity index (χ1) is 3.48. The van der Waals surface area contributed by atoms with Crippen molar-refractivity contribution in [2.45, 2.75) is 12.3 Å². The van der Waals surface area contributed by atoms with Crippen LogP contribution >= 0.6 is 0 Å². The third-order valence-electron chi connectivity index (χ3n) is 0.553. The van der Waals surface area contributed by atoms with Crippen molar-refractivity contribution < 1.29 is 18.6 Å². The molecular weight excluding hydrogens is 120 g/mol. The lowest BCUT2D eigenvalue weighted by atomic mass is 10.5. The third-order valence-corrected chi connectivity index (χ3v) is 0.553. The van der Waals surface area contributed by atoms with Gasteiger partial charge in [-0.3, -0.25) is 5.73 Å². The first kappa shape index (κ1) is 7.74. The molecular formula is C3H7F2NO2. The molecule has 0 amide bonds.